The second-order valence-corrected chi connectivity index (χ2v) is 4.53. The lowest BCUT2D eigenvalue weighted by Crippen LogP contribution is -2.33. The Bertz CT molecular complexity index is 401. The van der Waals surface area contributed by atoms with E-state index in [0.29, 0.717) is 5.92 Å². The van der Waals surface area contributed by atoms with Gasteiger partial charge in [-0.15, -0.1) is 0 Å². The van der Waals surface area contributed by atoms with Crippen molar-refractivity contribution in [1.29, 1.82) is 0 Å². The van der Waals surface area contributed by atoms with Crippen LogP contribution >= 0.6 is 0 Å². The summed E-state index contributed by atoms with van der Waals surface area (Å²) in [6.07, 6.45) is 18.6. The molecule has 0 radical (unpaired) electrons. The number of fused-ring (bicyclic) bond motifs is 1. The summed E-state index contributed by atoms with van der Waals surface area (Å²) >= 11 is 0. The lowest BCUT2D eigenvalue weighted by atomic mass is 9.88. The summed E-state index contributed by atoms with van der Waals surface area (Å²) in [4.78, 5) is 0. The number of aliphatic hydroxyl groups is 1. The first-order chi connectivity index (χ1) is 8.27. The van der Waals surface area contributed by atoms with Gasteiger partial charge in [-0.3, -0.25) is 0 Å². The van der Waals surface area contributed by atoms with Crippen molar-refractivity contribution in [3.8, 4) is 0 Å². The van der Waals surface area contributed by atoms with Gasteiger partial charge in [-0.25, -0.2) is 0 Å². The maximum absolute atomic E-state index is 10.1. The van der Waals surface area contributed by atoms with Crippen molar-refractivity contribution in [1.82, 2.24) is 5.32 Å². The first kappa shape index (κ1) is 11.9. The molecule has 0 saturated heterocycles. The van der Waals surface area contributed by atoms with Gasteiger partial charge in [-0.05, 0) is 31.2 Å². The van der Waals surface area contributed by atoms with E-state index < -0.39 is 0 Å². The second-order valence-electron chi connectivity index (χ2n) is 4.53. The van der Waals surface area contributed by atoms with Gasteiger partial charge in [0.1, 0.15) is 0 Å². The summed E-state index contributed by atoms with van der Waals surface area (Å²) in [5.41, 5.74) is 1.01. The summed E-state index contributed by atoms with van der Waals surface area (Å²) in [6.45, 7) is 1.97. The number of nitrogens with one attached hydrogen (secondary N) is 1. The number of hydrogen-bond donors (Lipinski definition) is 2. The molecular weight excluding hydrogens is 210 g/mol. The molecule has 0 amide bonds. The molecule has 2 N–H and O–H groups in total. The standard InChI is InChI=1S/C15H19NO/c1-12-7-3-2-6-10-16-14-9-5-4-8-13(14)11-15(12)17/h2-10,13-17H,11H2,1H3/b3-2-,10-6+,12-7+. The molecule has 1 aliphatic carbocycles. The average Bonchev–Trinajstić information content (AvgIpc) is 2.36. The minimum atomic E-state index is -0.372. The van der Waals surface area contributed by atoms with Crippen molar-refractivity contribution in [2.45, 2.75) is 25.5 Å². The first-order valence-corrected chi connectivity index (χ1v) is 6.06. The third-order valence-corrected chi connectivity index (χ3v) is 3.24. The lowest BCUT2D eigenvalue weighted by molar-refractivity contribution is 0.179. The highest BCUT2D eigenvalue weighted by Crippen LogP contribution is 2.21. The highest BCUT2D eigenvalue weighted by Gasteiger charge is 2.21. The van der Waals surface area contributed by atoms with Crippen LogP contribution in [0.2, 0.25) is 0 Å². The van der Waals surface area contributed by atoms with E-state index in [0.717, 1.165) is 12.0 Å². The van der Waals surface area contributed by atoms with E-state index in [9.17, 15) is 5.11 Å². The van der Waals surface area contributed by atoms with E-state index in [1.54, 1.807) is 0 Å². The molecule has 0 bridgehead atoms. The summed E-state index contributed by atoms with van der Waals surface area (Å²) in [6, 6.07) is 0.269. The van der Waals surface area contributed by atoms with Crippen LogP contribution in [-0.2, 0) is 0 Å². The third kappa shape index (κ3) is 3.21. The fourth-order valence-electron chi connectivity index (χ4n) is 2.11. The molecule has 2 rings (SSSR count). The molecule has 0 saturated carbocycles. The molecule has 2 heteroatoms. The lowest BCUT2D eigenvalue weighted by Gasteiger charge is -2.26. The zero-order valence-corrected chi connectivity index (χ0v) is 10.1. The second kappa shape index (κ2) is 5.69. The zero-order chi connectivity index (χ0) is 12.1. The Morgan fingerprint density at radius 3 is 2.82 bits per heavy atom. The molecule has 90 valence electrons. The van der Waals surface area contributed by atoms with Gasteiger partial charge >= 0.3 is 0 Å². The number of rotatable bonds is 0. The fraction of sp³-hybridized carbons (Fsp3) is 0.333. The predicted molar refractivity (Wildman–Crippen MR) is 71.4 cm³/mol. The molecule has 2 nitrogen and oxygen atoms in total. The Morgan fingerprint density at radius 1 is 1.12 bits per heavy atom. The van der Waals surface area contributed by atoms with Crippen LogP contribution in [-0.4, -0.2) is 17.3 Å². The van der Waals surface area contributed by atoms with Gasteiger partial charge in [0.2, 0.25) is 0 Å². The molecule has 2 aliphatic rings. The van der Waals surface area contributed by atoms with Crippen LogP contribution < -0.4 is 5.32 Å². The van der Waals surface area contributed by atoms with E-state index in [4.69, 9.17) is 0 Å². The van der Waals surface area contributed by atoms with E-state index in [-0.39, 0.29) is 12.1 Å². The molecule has 1 aliphatic heterocycles. The Balaban J connectivity index is 2.20. The van der Waals surface area contributed by atoms with Gasteiger partial charge in [-0.1, -0.05) is 42.5 Å². The fourth-order valence-corrected chi connectivity index (χ4v) is 2.11. The van der Waals surface area contributed by atoms with Gasteiger partial charge in [0.05, 0.1) is 12.1 Å². The van der Waals surface area contributed by atoms with Gasteiger partial charge in [0.15, 0.2) is 0 Å². The maximum Gasteiger partial charge on any atom is 0.0757 e. The quantitative estimate of drug-likeness (QED) is 0.669. The summed E-state index contributed by atoms with van der Waals surface area (Å²) in [5.74, 6) is 0.334. The number of aliphatic hydroxyl groups excluding tert-OH is 1. The van der Waals surface area contributed by atoms with E-state index in [1.807, 2.05) is 43.5 Å². The topological polar surface area (TPSA) is 32.3 Å². The minimum Gasteiger partial charge on any atom is -0.389 e. The largest absolute Gasteiger partial charge is 0.389 e. The Morgan fingerprint density at radius 2 is 1.94 bits per heavy atom. The highest BCUT2D eigenvalue weighted by atomic mass is 16.3. The van der Waals surface area contributed by atoms with Crippen molar-refractivity contribution in [2.24, 2.45) is 5.92 Å². The average molecular weight is 229 g/mol. The highest BCUT2D eigenvalue weighted by molar-refractivity contribution is 5.23. The molecular formula is C15H19NO. The van der Waals surface area contributed by atoms with Crippen LogP contribution in [0.4, 0.5) is 0 Å². The van der Waals surface area contributed by atoms with Crippen LogP contribution in [0, 0.1) is 5.92 Å². The molecule has 0 spiro atoms. The van der Waals surface area contributed by atoms with Crippen molar-refractivity contribution in [2.75, 3.05) is 0 Å². The zero-order valence-electron chi connectivity index (χ0n) is 10.1. The molecule has 17 heavy (non-hydrogen) atoms. The van der Waals surface area contributed by atoms with Crippen molar-refractivity contribution >= 4 is 0 Å². The van der Waals surface area contributed by atoms with Crippen molar-refractivity contribution < 1.29 is 5.11 Å². The molecule has 0 aromatic rings. The SMILES string of the molecule is C\C1=C/C=C\C=C\NC2C=CC=CC2CC1O. The molecule has 3 unspecified atom stereocenters. The van der Waals surface area contributed by atoms with Crippen LogP contribution in [0.3, 0.4) is 0 Å². The van der Waals surface area contributed by atoms with Gasteiger partial charge in [-0.2, -0.15) is 0 Å². The van der Waals surface area contributed by atoms with Crippen molar-refractivity contribution in [3.05, 3.63) is 60.4 Å². The first-order valence-electron chi connectivity index (χ1n) is 6.06. The van der Waals surface area contributed by atoms with Gasteiger partial charge < -0.3 is 10.4 Å². The summed E-state index contributed by atoms with van der Waals surface area (Å²) in [7, 11) is 0. The molecule has 0 aromatic heterocycles. The molecule has 0 aromatic carbocycles. The third-order valence-electron chi connectivity index (χ3n) is 3.24. The Kier molecular flexibility index (Phi) is 3.99. The molecule has 0 fully saturated rings. The van der Waals surface area contributed by atoms with Gasteiger partial charge in [0, 0.05) is 5.92 Å². The van der Waals surface area contributed by atoms with Crippen LogP contribution in [0.1, 0.15) is 13.3 Å². The van der Waals surface area contributed by atoms with Crippen molar-refractivity contribution in [3.63, 3.8) is 0 Å². The number of allylic oxidation sites excluding steroid dienone is 6. The van der Waals surface area contributed by atoms with E-state index in [2.05, 4.69) is 23.5 Å². The predicted octanol–water partition coefficient (Wildman–Crippen LogP) is 2.47. The van der Waals surface area contributed by atoms with E-state index in [1.165, 1.54) is 0 Å². The van der Waals surface area contributed by atoms with Crippen LogP contribution in [0.25, 0.3) is 0 Å². The number of hydrogen-bond acceptors (Lipinski definition) is 2. The molecule has 1 heterocycles. The normalized spacial score (nSPS) is 39.2. The molecule has 3 atom stereocenters. The maximum atomic E-state index is 10.1. The van der Waals surface area contributed by atoms with Crippen LogP contribution in [0.5, 0.6) is 0 Å². The Labute approximate surface area is 103 Å². The van der Waals surface area contributed by atoms with Crippen LogP contribution in [0.15, 0.2) is 60.4 Å². The monoisotopic (exact) mass is 229 g/mol. The summed E-state index contributed by atoms with van der Waals surface area (Å²) < 4.78 is 0. The minimum absolute atomic E-state index is 0.269. The Hall–Kier alpha value is -1.54. The summed E-state index contributed by atoms with van der Waals surface area (Å²) in [5, 5.41) is 13.5. The van der Waals surface area contributed by atoms with E-state index >= 15 is 0 Å². The smallest absolute Gasteiger partial charge is 0.0757 e. The van der Waals surface area contributed by atoms with Gasteiger partial charge in [0.25, 0.3) is 0 Å².